The summed E-state index contributed by atoms with van der Waals surface area (Å²) in [6.45, 7) is 2.09. The molecule has 2 aromatic heterocycles. The van der Waals surface area contributed by atoms with Gasteiger partial charge >= 0.3 is 0 Å². The van der Waals surface area contributed by atoms with Crippen molar-refractivity contribution < 1.29 is 4.55 Å². The Kier molecular flexibility index (Phi) is 3.23. The number of pyridine rings is 1. The molecule has 0 bridgehead atoms. The number of nitrogens with zero attached hydrogens (tertiary/aromatic N) is 2. The first-order valence-electron chi connectivity index (χ1n) is 4.98. The SMILES string of the molecule is CCCC[S+]([O-])c1cnc2[nH]ncc2c1. The third-order valence-electron chi connectivity index (χ3n) is 2.21. The van der Waals surface area contributed by atoms with Crippen LogP contribution in [0, 0.1) is 0 Å². The first-order valence-corrected chi connectivity index (χ1v) is 6.30. The Bertz CT molecular complexity index is 443. The van der Waals surface area contributed by atoms with Crippen molar-refractivity contribution in [3.05, 3.63) is 18.5 Å². The molecular formula is C10H13N3OS. The number of hydrogen-bond donors (Lipinski definition) is 1. The molecule has 5 heteroatoms. The highest BCUT2D eigenvalue weighted by molar-refractivity contribution is 7.91. The summed E-state index contributed by atoms with van der Waals surface area (Å²) < 4.78 is 11.8. The summed E-state index contributed by atoms with van der Waals surface area (Å²) in [5, 5.41) is 7.56. The Morgan fingerprint density at radius 3 is 3.13 bits per heavy atom. The predicted octanol–water partition coefficient (Wildman–Crippen LogP) is 1.87. The molecule has 1 unspecified atom stereocenters. The third-order valence-corrected chi connectivity index (χ3v) is 3.62. The minimum atomic E-state index is -0.928. The molecule has 2 aromatic rings. The van der Waals surface area contributed by atoms with E-state index >= 15 is 0 Å². The molecule has 0 aromatic carbocycles. The number of aromatic amines is 1. The molecule has 0 amide bonds. The van der Waals surface area contributed by atoms with Gasteiger partial charge in [0.05, 0.1) is 12.4 Å². The van der Waals surface area contributed by atoms with Crippen molar-refractivity contribution in [1.29, 1.82) is 0 Å². The maximum absolute atomic E-state index is 11.8. The van der Waals surface area contributed by atoms with Crippen LogP contribution in [0.15, 0.2) is 23.4 Å². The fourth-order valence-electron chi connectivity index (χ4n) is 1.33. The molecule has 0 spiro atoms. The Balaban J connectivity index is 2.19. The highest BCUT2D eigenvalue weighted by Crippen LogP contribution is 2.16. The Hall–Kier alpha value is -1.07. The van der Waals surface area contributed by atoms with Crippen LogP contribution in [0.4, 0.5) is 0 Å². The summed E-state index contributed by atoms with van der Waals surface area (Å²) in [7, 11) is 0. The molecule has 2 heterocycles. The van der Waals surface area contributed by atoms with E-state index < -0.39 is 11.2 Å². The van der Waals surface area contributed by atoms with Crippen LogP contribution >= 0.6 is 0 Å². The monoisotopic (exact) mass is 223 g/mol. The van der Waals surface area contributed by atoms with E-state index in [-0.39, 0.29) is 0 Å². The van der Waals surface area contributed by atoms with E-state index in [0.29, 0.717) is 5.75 Å². The predicted molar refractivity (Wildman–Crippen MR) is 60.1 cm³/mol. The van der Waals surface area contributed by atoms with Gasteiger partial charge < -0.3 is 4.55 Å². The van der Waals surface area contributed by atoms with Gasteiger partial charge in [-0.15, -0.1) is 0 Å². The molecule has 1 N–H and O–H groups in total. The summed E-state index contributed by atoms with van der Waals surface area (Å²) in [6.07, 6.45) is 5.40. The van der Waals surface area contributed by atoms with E-state index in [1.165, 1.54) is 0 Å². The number of H-pyrrole nitrogens is 1. The summed E-state index contributed by atoms with van der Waals surface area (Å²) in [6, 6.07) is 1.89. The molecule has 0 aliphatic heterocycles. The molecule has 0 aliphatic rings. The van der Waals surface area contributed by atoms with Crippen LogP contribution in [0.3, 0.4) is 0 Å². The van der Waals surface area contributed by atoms with Crippen molar-refractivity contribution in [2.75, 3.05) is 5.75 Å². The van der Waals surface area contributed by atoms with Crippen LogP contribution in [0.2, 0.25) is 0 Å². The zero-order valence-electron chi connectivity index (χ0n) is 8.56. The first kappa shape index (κ1) is 10.4. The van der Waals surface area contributed by atoms with E-state index in [9.17, 15) is 4.55 Å². The van der Waals surface area contributed by atoms with Crippen LogP contribution in [0.25, 0.3) is 11.0 Å². The van der Waals surface area contributed by atoms with Gasteiger partial charge in [0.15, 0.2) is 10.5 Å². The van der Waals surface area contributed by atoms with Crippen molar-refractivity contribution in [2.45, 2.75) is 24.7 Å². The molecule has 4 nitrogen and oxygen atoms in total. The summed E-state index contributed by atoms with van der Waals surface area (Å²) >= 11 is -0.928. The van der Waals surface area contributed by atoms with Gasteiger partial charge in [0, 0.05) is 11.5 Å². The lowest BCUT2D eigenvalue weighted by atomic mass is 10.4. The van der Waals surface area contributed by atoms with E-state index in [1.54, 1.807) is 12.4 Å². The minimum absolute atomic E-state index is 0.710. The Labute approximate surface area is 91.3 Å². The molecule has 0 saturated carbocycles. The second-order valence-electron chi connectivity index (χ2n) is 3.38. The Morgan fingerprint density at radius 2 is 2.33 bits per heavy atom. The largest absolute Gasteiger partial charge is 0.611 e. The van der Waals surface area contributed by atoms with Gasteiger partial charge in [0.2, 0.25) is 0 Å². The van der Waals surface area contributed by atoms with Crippen molar-refractivity contribution >= 4 is 22.2 Å². The highest BCUT2D eigenvalue weighted by Gasteiger charge is 2.11. The molecular weight excluding hydrogens is 210 g/mol. The molecule has 1 atom stereocenters. The minimum Gasteiger partial charge on any atom is -0.611 e. The molecule has 15 heavy (non-hydrogen) atoms. The first-order chi connectivity index (χ1) is 7.31. The van der Waals surface area contributed by atoms with Crippen LogP contribution in [-0.2, 0) is 11.2 Å². The molecule has 0 saturated heterocycles. The molecule has 2 rings (SSSR count). The lowest BCUT2D eigenvalue weighted by Gasteiger charge is -2.08. The molecule has 0 fully saturated rings. The quantitative estimate of drug-likeness (QED) is 0.805. The average Bonchev–Trinajstić information content (AvgIpc) is 2.72. The fourth-order valence-corrected chi connectivity index (χ4v) is 2.55. The fraction of sp³-hybridized carbons (Fsp3) is 0.400. The summed E-state index contributed by atoms with van der Waals surface area (Å²) in [4.78, 5) is 4.95. The van der Waals surface area contributed by atoms with Crippen LogP contribution in [0.1, 0.15) is 19.8 Å². The van der Waals surface area contributed by atoms with Crippen molar-refractivity contribution in [1.82, 2.24) is 15.2 Å². The van der Waals surface area contributed by atoms with Crippen molar-refractivity contribution in [3.63, 3.8) is 0 Å². The number of unbranched alkanes of at least 4 members (excludes halogenated alkanes) is 1. The van der Waals surface area contributed by atoms with Gasteiger partial charge in [0.25, 0.3) is 0 Å². The number of rotatable bonds is 4. The molecule has 80 valence electrons. The summed E-state index contributed by atoms with van der Waals surface area (Å²) in [5.74, 6) is 0.710. The zero-order chi connectivity index (χ0) is 10.7. The van der Waals surface area contributed by atoms with E-state index in [0.717, 1.165) is 28.8 Å². The van der Waals surface area contributed by atoms with E-state index in [4.69, 9.17) is 0 Å². The highest BCUT2D eigenvalue weighted by atomic mass is 32.2. The second kappa shape index (κ2) is 4.63. The third kappa shape index (κ3) is 2.30. The number of aromatic nitrogens is 3. The lowest BCUT2D eigenvalue weighted by Crippen LogP contribution is -2.06. The zero-order valence-corrected chi connectivity index (χ0v) is 9.38. The normalized spacial score (nSPS) is 13.2. The average molecular weight is 223 g/mol. The molecule has 0 aliphatic carbocycles. The van der Waals surface area contributed by atoms with Gasteiger partial charge in [-0.1, -0.05) is 13.3 Å². The standard InChI is InChI=1S/C10H13N3OS/c1-2-3-4-15(14)9-5-8-6-12-13-10(8)11-7-9/h5-7H,2-4H2,1H3,(H,11,12,13). The maximum atomic E-state index is 11.8. The van der Waals surface area contributed by atoms with Gasteiger partial charge in [-0.05, 0) is 17.6 Å². The molecule has 0 radical (unpaired) electrons. The van der Waals surface area contributed by atoms with Gasteiger partial charge in [-0.25, -0.2) is 4.98 Å². The van der Waals surface area contributed by atoms with Crippen molar-refractivity contribution in [3.8, 4) is 0 Å². The topological polar surface area (TPSA) is 64.6 Å². The van der Waals surface area contributed by atoms with E-state index in [1.807, 2.05) is 6.07 Å². The van der Waals surface area contributed by atoms with Gasteiger partial charge in [0.1, 0.15) is 5.75 Å². The van der Waals surface area contributed by atoms with Gasteiger partial charge in [-0.3, -0.25) is 5.10 Å². The number of nitrogens with one attached hydrogen (secondary N) is 1. The van der Waals surface area contributed by atoms with E-state index in [2.05, 4.69) is 22.1 Å². The van der Waals surface area contributed by atoms with Gasteiger partial charge in [-0.2, -0.15) is 5.10 Å². The maximum Gasteiger partial charge on any atom is 0.171 e. The van der Waals surface area contributed by atoms with Crippen molar-refractivity contribution in [2.24, 2.45) is 0 Å². The smallest absolute Gasteiger partial charge is 0.171 e. The number of fused-ring (bicyclic) bond motifs is 1. The second-order valence-corrected chi connectivity index (χ2v) is 4.95. The van der Waals surface area contributed by atoms with Crippen LogP contribution < -0.4 is 0 Å². The summed E-state index contributed by atoms with van der Waals surface area (Å²) in [5.41, 5.74) is 0.742. The van der Waals surface area contributed by atoms with Crippen LogP contribution in [-0.4, -0.2) is 25.5 Å². The Morgan fingerprint density at radius 1 is 1.47 bits per heavy atom. The van der Waals surface area contributed by atoms with Crippen LogP contribution in [0.5, 0.6) is 0 Å². The number of hydrogen-bond acceptors (Lipinski definition) is 3. The lowest BCUT2D eigenvalue weighted by molar-refractivity contribution is 0.591.